The summed E-state index contributed by atoms with van der Waals surface area (Å²) in [5, 5.41) is 4.19. The summed E-state index contributed by atoms with van der Waals surface area (Å²) in [6.07, 6.45) is 2.26. The van der Waals surface area contributed by atoms with Crippen LogP contribution in [0.3, 0.4) is 0 Å². The van der Waals surface area contributed by atoms with Crippen LogP contribution in [0.4, 0.5) is 5.69 Å². The Morgan fingerprint density at radius 2 is 2.00 bits per heavy atom. The van der Waals surface area contributed by atoms with Gasteiger partial charge in [0.15, 0.2) is 5.11 Å². The molecule has 1 saturated heterocycles. The summed E-state index contributed by atoms with van der Waals surface area (Å²) < 4.78 is 0. The first-order chi connectivity index (χ1) is 13.0. The average Bonchev–Trinajstić information content (AvgIpc) is 3.05. The molecule has 3 aromatic rings. The zero-order valence-electron chi connectivity index (χ0n) is 16.2. The SMILES string of the molecule is Cc1cccc(NC(=S)N2CCC[C@H](c3nc4cc(C)c(C)cc4[nH]3)C2)c1. The molecule has 0 aliphatic carbocycles. The molecule has 5 heteroatoms. The number of nitrogens with one attached hydrogen (secondary N) is 2. The molecule has 0 unspecified atom stereocenters. The van der Waals surface area contributed by atoms with E-state index in [0.29, 0.717) is 5.92 Å². The second-order valence-corrected chi connectivity index (χ2v) is 8.05. The highest BCUT2D eigenvalue weighted by molar-refractivity contribution is 7.80. The summed E-state index contributed by atoms with van der Waals surface area (Å²) in [6.45, 7) is 8.27. The van der Waals surface area contributed by atoms with Crippen LogP contribution in [0, 0.1) is 20.8 Å². The molecule has 2 N–H and O–H groups in total. The van der Waals surface area contributed by atoms with Crippen molar-refractivity contribution in [2.75, 3.05) is 18.4 Å². The van der Waals surface area contributed by atoms with Gasteiger partial charge in [0.2, 0.25) is 0 Å². The summed E-state index contributed by atoms with van der Waals surface area (Å²) in [4.78, 5) is 10.7. The second-order valence-electron chi connectivity index (χ2n) is 7.66. The van der Waals surface area contributed by atoms with Crippen molar-refractivity contribution in [2.45, 2.75) is 39.5 Å². The smallest absolute Gasteiger partial charge is 0.173 e. The number of nitrogens with zero attached hydrogens (tertiary/aromatic N) is 2. The van der Waals surface area contributed by atoms with Crippen LogP contribution < -0.4 is 5.32 Å². The Hall–Kier alpha value is -2.40. The number of likely N-dealkylation sites (tertiary alicyclic amines) is 1. The highest BCUT2D eigenvalue weighted by Gasteiger charge is 2.25. The van der Waals surface area contributed by atoms with E-state index in [9.17, 15) is 0 Å². The number of anilines is 1. The normalized spacial score (nSPS) is 17.3. The fourth-order valence-corrected chi connectivity index (χ4v) is 4.08. The van der Waals surface area contributed by atoms with Gasteiger partial charge in [0, 0.05) is 24.7 Å². The van der Waals surface area contributed by atoms with E-state index in [1.165, 1.54) is 16.7 Å². The van der Waals surface area contributed by atoms with Crippen molar-refractivity contribution < 1.29 is 0 Å². The van der Waals surface area contributed by atoms with E-state index in [1.54, 1.807) is 0 Å². The number of hydrogen-bond donors (Lipinski definition) is 2. The quantitative estimate of drug-likeness (QED) is 0.612. The molecule has 1 aliphatic heterocycles. The first kappa shape index (κ1) is 18.0. The standard InChI is InChI=1S/C22H26N4S/c1-14-6-4-8-18(10-14)23-22(27)26-9-5-7-17(13-26)21-24-19-11-15(2)16(3)12-20(19)25-21/h4,6,8,10-12,17H,5,7,9,13H2,1-3H3,(H,23,27)(H,24,25)/t17-/m0/s1. The lowest BCUT2D eigenvalue weighted by Crippen LogP contribution is -2.41. The molecule has 4 nitrogen and oxygen atoms in total. The highest BCUT2D eigenvalue weighted by Crippen LogP contribution is 2.28. The number of H-pyrrole nitrogens is 1. The van der Waals surface area contributed by atoms with Crippen LogP contribution in [-0.2, 0) is 0 Å². The maximum atomic E-state index is 5.68. The molecule has 0 saturated carbocycles. The second kappa shape index (κ2) is 7.31. The van der Waals surface area contributed by atoms with E-state index in [4.69, 9.17) is 17.2 Å². The highest BCUT2D eigenvalue weighted by atomic mass is 32.1. The van der Waals surface area contributed by atoms with Crippen molar-refractivity contribution in [1.82, 2.24) is 14.9 Å². The Bertz CT molecular complexity index is 952. The summed E-state index contributed by atoms with van der Waals surface area (Å²) >= 11 is 5.68. The third-order valence-electron chi connectivity index (χ3n) is 5.48. The van der Waals surface area contributed by atoms with Gasteiger partial charge in [0.1, 0.15) is 5.82 Å². The van der Waals surface area contributed by atoms with Crippen LogP contribution in [0.15, 0.2) is 36.4 Å². The topological polar surface area (TPSA) is 44.0 Å². The molecule has 4 rings (SSSR count). The third-order valence-corrected chi connectivity index (χ3v) is 5.84. The minimum atomic E-state index is 0.379. The number of fused-ring (bicyclic) bond motifs is 1. The van der Waals surface area contributed by atoms with Gasteiger partial charge in [0.25, 0.3) is 0 Å². The van der Waals surface area contributed by atoms with Crippen molar-refractivity contribution in [2.24, 2.45) is 0 Å². The number of aromatic amines is 1. The van der Waals surface area contributed by atoms with Gasteiger partial charge in [-0.05, 0) is 86.8 Å². The van der Waals surface area contributed by atoms with E-state index in [0.717, 1.165) is 53.6 Å². The number of thiocarbonyl (C=S) groups is 1. The molecule has 1 aliphatic rings. The maximum absolute atomic E-state index is 5.68. The lowest BCUT2D eigenvalue weighted by molar-refractivity contribution is 0.307. The number of aromatic nitrogens is 2. The van der Waals surface area contributed by atoms with Crippen molar-refractivity contribution in [3.05, 3.63) is 58.9 Å². The Kier molecular flexibility index (Phi) is 4.87. The molecule has 2 heterocycles. The Morgan fingerprint density at radius 1 is 1.19 bits per heavy atom. The van der Waals surface area contributed by atoms with Crippen LogP contribution in [0.5, 0.6) is 0 Å². The van der Waals surface area contributed by atoms with Crippen molar-refractivity contribution in [3.8, 4) is 0 Å². The average molecular weight is 379 g/mol. The van der Waals surface area contributed by atoms with Crippen LogP contribution in [-0.4, -0.2) is 33.1 Å². The van der Waals surface area contributed by atoms with Gasteiger partial charge in [0.05, 0.1) is 11.0 Å². The number of aryl methyl sites for hydroxylation is 3. The summed E-state index contributed by atoms with van der Waals surface area (Å²) in [5.74, 6) is 1.46. The third kappa shape index (κ3) is 3.83. The first-order valence-corrected chi connectivity index (χ1v) is 10.00. The fourth-order valence-electron chi connectivity index (χ4n) is 3.79. The predicted molar refractivity (Wildman–Crippen MR) is 117 cm³/mol. The molecule has 140 valence electrons. The molecule has 0 radical (unpaired) electrons. The Morgan fingerprint density at radius 3 is 2.81 bits per heavy atom. The van der Waals surface area contributed by atoms with Gasteiger partial charge in [-0.15, -0.1) is 0 Å². The summed E-state index contributed by atoms with van der Waals surface area (Å²) in [6, 6.07) is 12.7. The lowest BCUT2D eigenvalue weighted by atomic mass is 9.98. The van der Waals surface area contributed by atoms with E-state index >= 15 is 0 Å². The predicted octanol–water partition coefficient (Wildman–Crippen LogP) is 5.06. The Balaban J connectivity index is 1.50. The van der Waals surface area contributed by atoms with Crippen LogP contribution in [0.25, 0.3) is 11.0 Å². The number of hydrogen-bond acceptors (Lipinski definition) is 2. The number of imidazole rings is 1. The zero-order chi connectivity index (χ0) is 19.0. The van der Waals surface area contributed by atoms with E-state index in [2.05, 4.69) is 72.4 Å². The molecule has 27 heavy (non-hydrogen) atoms. The first-order valence-electron chi connectivity index (χ1n) is 9.59. The molecule has 1 aromatic heterocycles. The Labute approximate surface area is 166 Å². The number of benzene rings is 2. The maximum Gasteiger partial charge on any atom is 0.173 e. The number of rotatable bonds is 2. The monoisotopic (exact) mass is 378 g/mol. The molecular weight excluding hydrogens is 352 g/mol. The molecular formula is C22H26N4S. The van der Waals surface area contributed by atoms with Gasteiger partial charge in [-0.2, -0.15) is 0 Å². The van der Waals surface area contributed by atoms with Gasteiger partial charge < -0.3 is 15.2 Å². The van der Waals surface area contributed by atoms with Gasteiger partial charge in [-0.3, -0.25) is 0 Å². The zero-order valence-corrected chi connectivity index (χ0v) is 17.0. The summed E-state index contributed by atoms with van der Waals surface area (Å²) in [7, 11) is 0. The summed E-state index contributed by atoms with van der Waals surface area (Å²) in [5.41, 5.74) is 7.06. The van der Waals surface area contributed by atoms with Gasteiger partial charge in [-0.25, -0.2) is 4.98 Å². The number of piperidine rings is 1. The van der Waals surface area contributed by atoms with Crippen molar-refractivity contribution in [1.29, 1.82) is 0 Å². The lowest BCUT2D eigenvalue weighted by Gasteiger charge is -2.33. The molecule has 1 fully saturated rings. The molecule has 0 spiro atoms. The minimum absolute atomic E-state index is 0.379. The van der Waals surface area contributed by atoms with E-state index in [-0.39, 0.29) is 0 Å². The van der Waals surface area contributed by atoms with Gasteiger partial charge >= 0.3 is 0 Å². The van der Waals surface area contributed by atoms with E-state index in [1.807, 2.05) is 0 Å². The van der Waals surface area contributed by atoms with Gasteiger partial charge in [-0.1, -0.05) is 12.1 Å². The van der Waals surface area contributed by atoms with Crippen molar-refractivity contribution >= 4 is 34.1 Å². The van der Waals surface area contributed by atoms with Crippen LogP contribution in [0.2, 0.25) is 0 Å². The molecule has 2 aromatic carbocycles. The fraction of sp³-hybridized carbons (Fsp3) is 0.364. The largest absolute Gasteiger partial charge is 0.348 e. The molecule has 1 atom stereocenters. The minimum Gasteiger partial charge on any atom is -0.348 e. The van der Waals surface area contributed by atoms with Crippen LogP contribution >= 0.6 is 12.2 Å². The van der Waals surface area contributed by atoms with Crippen molar-refractivity contribution in [3.63, 3.8) is 0 Å². The van der Waals surface area contributed by atoms with Crippen LogP contribution in [0.1, 0.15) is 41.3 Å². The molecule has 0 bridgehead atoms. The molecule has 0 amide bonds. The van der Waals surface area contributed by atoms with E-state index < -0.39 is 0 Å².